The largest absolute Gasteiger partial charge is 0.454 e. The van der Waals surface area contributed by atoms with Crippen molar-refractivity contribution in [2.24, 2.45) is 5.92 Å². The van der Waals surface area contributed by atoms with Crippen LogP contribution in [0.4, 0.5) is 5.69 Å². The summed E-state index contributed by atoms with van der Waals surface area (Å²) in [6, 6.07) is 3.03. The number of ether oxygens (including phenoxy) is 1. The molecule has 0 radical (unpaired) electrons. The Morgan fingerprint density at radius 1 is 0.882 bits per heavy atom. The fraction of sp³-hybridized carbons (Fsp3) is 0.238. The molecule has 7 nitrogen and oxygen atoms in total. The molecule has 0 aliphatic carbocycles. The summed E-state index contributed by atoms with van der Waals surface area (Å²) in [5, 5.41) is 2.10. The number of hydrogen-bond donors (Lipinski definition) is 1. The number of hydrogen-bond acceptors (Lipinski definition) is 5. The second-order valence-electron chi connectivity index (χ2n) is 7.46. The molecular formula is C21H14Cl6N2O5. The summed E-state index contributed by atoms with van der Waals surface area (Å²) in [5.74, 6) is -4.03. The summed E-state index contributed by atoms with van der Waals surface area (Å²) in [6.45, 7) is 2.49. The number of carbonyl (C=O) groups is 4. The summed E-state index contributed by atoms with van der Waals surface area (Å²) in [7, 11) is 0. The van der Waals surface area contributed by atoms with Crippen LogP contribution in [0.15, 0.2) is 18.2 Å². The van der Waals surface area contributed by atoms with E-state index in [1.54, 1.807) is 13.8 Å². The zero-order valence-electron chi connectivity index (χ0n) is 17.4. The summed E-state index contributed by atoms with van der Waals surface area (Å²) >= 11 is 36.1. The third kappa shape index (κ3) is 4.96. The number of nitrogens with zero attached hydrogens (tertiary/aromatic N) is 1. The van der Waals surface area contributed by atoms with Crippen molar-refractivity contribution in [3.8, 4) is 0 Å². The number of carbonyl (C=O) groups excluding carboxylic acids is 4. The van der Waals surface area contributed by atoms with Crippen molar-refractivity contribution in [2.45, 2.75) is 19.9 Å². The first-order chi connectivity index (χ1) is 15.9. The lowest BCUT2D eigenvalue weighted by atomic mass is 10.0. The van der Waals surface area contributed by atoms with E-state index in [2.05, 4.69) is 5.32 Å². The van der Waals surface area contributed by atoms with Gasteiger partial charge in [0.05, 0.1) is 41.3 Å². The number of anilines is 1. The first-order valence-corrected chi connectivity index (χ1v) is 11.8. The van der Waals surface area contributed by atoms with Gasteiger partial charge in [0.15, 0.2) is 6.61 Å². The number of amides is 3. The van der Waals surface area contributed by atoms with E-state index >= 15 is 0 Å². The molecule has 0 fully saturated rings. The van der Waals surface area contributed by atoms with E-state index in [1.807, 2.05) is 0 Å². The molecule has 0 unspecified atom stereocenters. The Labute approximate surface area is 224 Å². The van der Waals surface area contributed by atoms with Gasteiger partial charge in [-0.1, -0.05) is 83.5 Å². The van der Waals surface area contributed by atoms with Gasteiger partial charge in [-0.05, 0) is 24.1 Å². The van der Waals surface area contributed by atoms with Gasteiger partial charge in [0.1, 0.15) is 6.04 Å². The zero-order valence-corrected chi connectivity index (χ0v) is 21.9. The number of fused-ring (bicyclic) bond motifs is 1. The number of halogens is 6. The summed E-state index contributed by atoms with van der Waals surface area (Å²) < 4.78 is 5.10. The minimum Gasteiger partial charge on any atom is -0.454 e. The van der Waals surface area contributed by atoms with E-state index in [1.165, 1.54) is 18.2 Å². The number of nitrogens with one attached hydrogen (secondary N) is 1. The van der Waals surface area contributed by atoms with Crippen LogP contribution in [-0.2, 0) is 14.3 Å². The highest BCUT2D eigenvalue weighted by Gasteiger charge is 2.48. The maximum atomic E-state index is 13.1. The smallest absolute Gasteiger partial charge is 0.330 e. The van der Waals surface area contributed by atoms with Crippen LogP contribution in [0.3, 0.4) is 0 Å². The minimum absolute atomic E-state index is 0.197. The molecule has 2 aromatic rings. The second-order valence-corrected chi connectivity index (χ2v) is 9.79. The molecule has 1 aliphatic heterocycles. The van der Waals surface area contributed by atoms with Crippen LogP contribution in [0.5, 0.6) is 0 Å². The van der Waals surface area contributed by atoms with E-state index < -0.39 is 42.3 Å². The van der Waals surface area contributed by atoms with Gasteiger partial charge in [-0.2, -0.15) is 0 Å². The monoisotopic (exact) mass is 584 g/mol. The highest BCUT2D eigenvalue weighted by atomic mass is 35.5. The Kier molecular flexibility index (Phi) is 8.28. The van der Waals surface area contributed by atoms with Gasteiger partial charge in [-0.15, -0.1) is 0 Å². The van der Waals surface area contributed by atoms with Crippen LogP contribution in [0.2, 0.25) is 30.1 Å². The van der Waals surface area contributed by atoms with E-state index in [0.29, 0.717) is 15.6 Å². The Balaban J connectivity index is 1.80. The highest BCUT2D eigenvalue weighted by Crippen LogP contribution is 2.45. The molecule has 13 heteroatoms. The molecule has 1 N–H and O–H groups in total. The van der Waals surface area contributed by atoms with Crippen molar-refractivity contribution in [3.05, 3.63) is 59.5 Å². The van der Waals surface area contributed by atoms with Crippen LogP contribution in [0, 0.1) is 5.92 Å². The minimum atomic E-state index is -1.38. The van der Waals surface area contributed by atoms with Gasteiger partial charge >= 0.3 is 5.97 Å². The first kappa shape index (κ1) is 26.9. The molecule has 2 aromatic carbocycles. The van der Waals surface area contributed by atoms with E-state index in [9.17, 15) is 19.2 Å². The van der Waals surface area contributed by atoms with E-state index in [4.69, 9.17) is 74.3 Å². The topological polar surface area (TPSA) is 92.8 Å². The maximum absolute atomic E-state index is 13.1. The SMILES string of the molecule is CC(C)[C@H](C(=O)OCC(=O)Nc1ccc(Cl)c(Cl)c1)N1C(=O)c2c(Cl)c(Cl)c(Cl)c(Cl)c2C1=O. The normalized spacial score (nSPS) is 13.9. The van der Waals surface area contributed by atoms with Gasteiger partial charge in [-0.3, -0.25) is 19.3 Å². The summed E-state index contributed by atoms with van der Waals surface area (Å²) in [5.41, 5.74) is -0.196. The highest BCUT2D eigenvalue weighted by molar-refractivity contribution is 6.55. The molecule has 0 spiro atoms. The molecule has 0 saturated heterocycles. The van der Waals surface area contributed by atoms with Crippen molar-refractivity contribution in [3.63, 3.8) is 0 Å². The van der Waals surface area contributed by atoms with Crippen LogP contribution in [0.25, 0.3) is 0 Å². The Hall–Kier alpha value is -1.74. The average Bonchev–Trinajstić information content (AvgIpc) is 3.02. The van der Waals surface area contributed by atoms with Crippen LogP contribution < -0.4 is 5.32 Å². The summed E-state index contributed by atoms with van der Waals surface area (Å²) in [4.78, 5) is 51.9. The molecule has 0 saturated carbocycles. The number of imide groups is 1. The predicted octanol–water partition coefficient (Wildman–Crippen LogP) is 6.41. The molecule has 0 aromatic heterocycles. The van der Waals surface area contributed by atoms with Crippen LogP contribution in [0.1, 0.15) is 34.6 Å². The molecule has 1 atom stereocenters. The van der Waals surface area contributed by atoms with Crippen LogP contribution >= 0.6 is 69.6 Å². The van der Waals surface area contributed by atoms with Crippen LogP contribution in [-0.4, -0.2) is 41.2 Å². The fourth-order valence-corrected chi connectivity index (χ4v) is 4.60. The third-order valence-corrected chi connectivity index (χ3v) is 7.37. The molecule has 0 bridgehead atoms. The average molecular weight is 587 g/mol. The molecule has 1 heterocycles. The molecule has 180 valence electrons. The molecule has 3 rings (SSSR count). The van der Waals surface area contributed by atoms with E-state index in [-0.39, 0.29) is 36.2 Å². The predicted molar refractivity (Wildman–Crippen MR) is 132 cm³/mol. The quantitative estimate of drug-likeness (QED) is 0.183. The molecule has 1 aliphatic rings. The Morgan fingerprint density at radius 3 is 1.88 bits per heavy atom. The number of esters is 1. The lowest BCUT2D eigenvalue weighted by Crippen LogP contribution is -2.49. The molecule has 3 amide bonds. The van der Waals surface area contributed by atoms with Gasteiger partial charge in [0.25, 0.3) is 17.7 Å². The van der Waals surface area contributed by atoms with Crippen molar-refractivity contribution >= 4 is 99.0 Å². The fourth-order valence-electron chi connectivity index (χ4n) is 3.29. The maximum Gasteiger partial charge on any atom is 0.330 e. The Bertz CT molecular complexity index is 1190. The van der Waals surface area contributed by atoms with Gasteiger partial charge in [0.2, 0.25) is 0 Å². The Morgan fingerprint density at radius 2 is 1.41 bits per heavy atom. The lowest BCUT2D eigenvalue weighted by molar-refractivity contribution is -0.152. The van der Waals surface area contributed by atoms with Crippen molar-refractivity contribution in [1.29, 1.82) is 0 Å². The van der Waals surface area contributed by atoms with Crippen molar-refractivity contribution in [2.75, 3.05) is 11.9 Å². The van der Waals surface area contributed by atoms with Crippen molar-refractivity contribution in [1.82, 2.24) is 4.90 Å². The zero-order chi connectivity index (χ0) is 25.5. The van der Waals surface area contributed by atoms with Gasteiger partial charge < -0.3 is 10.1 Å². The van der Waals surface area contributed by atoms with E-state index in [0.717, 1.165) is 0 Å². The number of benzene rings is 2. The summed E-state index contributed by atoms with van der Waals surface area (Å²) in [6.07, 6.45) is 0. The third-order valence-electron chi connectivity index (χ3n) is 4.83. The van der Waals surface area contributed by atoms with Crippen molar-refractivity contribution < 1.29 is 23.9 Å². The molecule has 34 heavy (non-hydrogen) atoms. The lowest BCUT2D eigenvalue weighted by Gasteiger charge is -2.27. The van der Waals surface area contributed by atoms with Gasteiger partial charge in [0, 0.05) is 5.69 Å². The van der Waals surface area contributed by atoms with Gasteiger partial charge in [-0.25, -0.2) is 4.79 Å². The molecular weight excluding hydrogens is 573 g/mol. The standard InChI is InChI=1S/C21H14Cl6N2O5/c1-7(2)18(21(33)34-6-11(30)28-8-3-4-9(22)10(23)5-8)29-19(31)12-13(20(29)32)15(25)17(27)16(26)14(12)24/h3-5,7,18H,6H2,1-2H3,(H,28,30)/t18-/m1/s1. The second kappa shape index (κ2) is 10.5. The number of rotatable bonds is 6. The first-order valence-electron chi connectivity index (χ1n) is 9.52.